The van der Waals surface area contributed by atoms with E-state index in [4.69, 9.17) is 14.2 Å². The molecule has 9 heteroatoms. The molecule has 0 bridgehead atoms. The highest BCUT2D eigenvalue weighted by molar-refractivity contribution is 5.79. The third-order valence-corrected chi connectivity index (χ3v) is 4.58. The number of nitrogens with zero attached hydrogens (tertiary/aromatic N) is 1. The van der Waals surface area contributed by atoms with Gasteiger partial charge in [-0.05, 0) is 20.8 Å². The number of likely N-dealkylation sites (tertiary alicyclic amines) is 1. The van der Waals surface area contributed by atoms with Crippen LogP contribution in [0, 0.1) is 11.6 Å². The summed E-state index contributed by atoms with van der Waals surface area (Å²) >= 11 is 0. The fraction of sp³-hybridized carbons (Fsp3) is 0.600. The molecule has 2 atom stereocenters. The molecule has 0 saturated carbocycles. The summed E-state index contributed by atoms with van der Waals surface area (Å²) in [7, 11) is 2.81. The summed E-state index contributed by atoms with van der Waals surface area (Å²) in [6.45, 7) is 5.70. The smallest absolute Gasteiger partial charge is 0.407 e. The highest BCUT2D eigenvalue weighted by Crippen LogP contribution is 2.34. The second-order valence-corrected chi connectivity index (χ2v) is 7.90. The number of amides is 2. The summed E-state index contributed by atoms with van der Waals surface area (Å²) in [6, 6.07) is 1.34. The number of ether oxygens (including phenoxy) is 3. The Hall–Kier alpha value is -2.42. The number of alkyl carbamates (subject to hydrolysis) is 1. The first-order valence-corrected chi connectivity index (χ1v) is 9.35. The van der Waals surface area contributed by atoms with Crippen LogP contribution in [0.15, 0.2) is 12.1 Å². The monoisotopic (exact) mass is 414 g/mol. The van der Waals surface area contributed by atoms with E-state index in [0.29, 0.717) is 0 Å². The van der Waals surface area contributed by atoms with Crippen LogP contribution < -0.4 is 10.1 Å². The van der Waals surface area contributed by atoms with E-state index in [-0.39, 0.29) is 43.3 Å². The lowest BCUT2D eigenvalue weighted by atomic mass is 9.84. The van der Waals surface area contributed by atoms with Gasteiger partial charge in [-0.15, -0.1) is 0 Å². The summed E-state index contributed by atoms with van der Waals surface area (Å²) in [4.78, 5) is 26.2. The minimum absolute atomic E-state index is 0.0306. The van der Waals surface area contributed by atoms with Crippen molar-refractivity contribution in [1.82, 2.24) is 10.2 Å². The molecular formula is C20H28F2N2O5. The van der Waals surface area contributed by atoms with E-state index >= 15 is 0 Å². The number of nitrogens with one attached hydrogen (secondary N) is 1. The van der Waals surface area contributed by atoms with Crippen molar-refractivity contribution in [3.05, 3.63) is 29.3 Å². The molecular weight excluding hydrogens is 386 g/mol. The van der Waals surface area contributed by atoms with Crippen molar-refractivity contribution >= 4 is 12.0 Å². The van der Waals surface area contributed by atoms with Gasteiger partial charge in [-0.1, -0.05) is 0 Å². The van der Waals surface area contributed by atoms with Crippen molar-refractivity contribution in [1.29, 1.82) is 0 Å². The first-order valence-electron chi connectivity index (χ1n) is 9.35. The number of halogens is 2. The molecule has 0 aliphatic carbocycles. The van der Waals surface area contributed by atoms with Gasteiger partial charge in [0.15, 0.2) is 0 Å². The molecule has 1 aliphatic heterocycles. The molecule has 162 valence electrons. The van der Waals surface area contributed by atoms with Crippen LogP contribution in [0.3, 0.4) is 0 Å². The summed E-state index contributed by atoms with van der Waals surface area (Å²) < 4.78 is 44.7. The van der Waals surface area contributed by atoms with Gasteiger partial charge in [-0.3, -0.25) is 4.79 Å². The van der Waals surface area contributed by atoms with E-state index in [1.807, 2.05) is 0 Å². The molecule has 1 saturated heterocycles. The normalized spacial score (nSPS) is 19.8. The molecule has 0 spiro atoms. The zero-order valence-corrected chi connectivity index (χ0v) is 17.4. The fourth-order valence-corrected chi connectivity index (χ4v) is 3.28. The Balaban J connectivity index is 2.35. The van der Waals surface area contributed by atoms with Crippen molar-refractivity contribution in [2.75, 3.05) is 33.9 Å². The maximum absolute atomic E-state index is 14.7. The van der Waals surface area contributed by atoms with E-state index in [0.717, 1.165) is 12.1 Å². The van der Waals surface area contributed by atoms with Crippen molar-refractivity contribution in [3.63, 3.8) is 0 Å². The summed E-state index contributed by atoms with van der Waals surface area (Å²) in [5.41, 5.74) is -0.957. The first-order chi connectivity index (χ1) is 13.6. The van der Waals surface area contributed by atoms with Gasteiger partial charge in [-0.25, -0.2) is 13.6 Å². The van der Waals surface area contributed by atoms with Crippen molar-refractivity contribution in [2.45, 2.75) is 44.8 Å². The van der Waals surface area contributed by atoms with Gasteiger partial charge in [0.25, 0.3) is 0 Å². The first kappa shape index (κ1) is 22.9. The summed E-state index contributed by atoms with van der Waals surface area (Å²) in [5.74, 6) is -2.60. The van der Waals surface area contributed by atoms with E-state index in [1.165, 1.54) is 19.1 Å². The molecule has 1 fully saturated rings. The van der Waals surface area contributed by atoms with Gasteiger partial charge >= 0.3 is 6.09 Å². The molecule has 29 heavy (non-hydrogen) atoms. The molecule has 1 N–H and O–H groups in total. The number of hydrogen-bond acceptors (Lipinski definition) is 5. The Bertz CT molecular complexity index is 728. The van der Waals surface area contributed by atoms with Crippen molar-refractivity contribution in [3.8, 4) is 5.75 Å². The van der Waals surface area contributed by atoms with Crippen LogP contribution in [0.2, 0.25) is 0 Å². The number of carbonyl (C=O) groups excluding carboxylic acids is 2. The van der Waals surface area contributed by atoms with Crippen LogP contribution >= 0.6 is 0 Å². The van der Waals surface area contributed by atoms with Gasteiger partial charge in [0, 0.05) is 56.3 Å². The van der Waals surface area contributed by atoms with Gasteiger partial charge in [0.2, 0.25) is 5.91 Å². The quantitative estimate of drug-likeness (QED) is 0.775. The van der Waals surface area contributed by atoms with Gasteiger partial charge in [0.05, 0.1) is 13.7 Å². The number of methoxy groups -OCH3 is 2. The Morgan fingerprint density at radius 3 is 2.38 bits per heavy atom. The van der Waals surface area contributed by atoms with E-state index in [9.17, 15) is 18.4 Å². The largest absolute Gasteiger partial charge is 0.497 e. The lowest BCUT2D eigenvalue weighted by Gasteiger charge is -2.39. The number of piperidine rings is 1. The maximum Gasteiger partial charge on any atom is 0.407 e. The van der Waals surface area contributed by atoms with E-state index in [1.54, 1.807) is 20.8 Å². The fourth-order valence-electron chi connectivity index (χ4n) is 3.28. The number of rotatable bonds is 6. The second-order valence-electron chi connectivity index (χ2n) is 7.90. The van der Waals surface area contributed by atoms with E-state index < -0.39 is 35.3 Å². The van der Waals surface area contributed by atoms with Gasteiger partial charge in [0.1, 0.15) is 23.0 Å². The molecule has 2 amide bonds. The SMILES string of the molecule is COCCN1CC(c2c(F)cc(OC)cc2F)C(NC(=O)OC(C)(C)C)CC1=O. The van der Waals surface area contributed by atoms with Crippen LogP contribution in [-0.2, 0) is 14.3 Å². The minimum Gasteiger partial charge on any atom is -0.497 e. The molecule has 7 nitrogen and oxygen atoms in total. The van der Waals surface area contributed by atoms with E-state index in [2.05, 4.69) is 5.32 Å². The Labute approximate surface area is 169 Å². The highest BCUT2D eigenvalue weighted by atomic mass is 19.1. The molecule has 1 aliphatic rings. The van der Waals surface area contributed by atoms with Crippen LogP contribution in [-0.4, -0.2) is 62.5 Å². The molecule has 2 rings (SSSR count). The maximum atomic E-state index is 14.7. The molecule has 0 aromatic heterocycles. The molecule has 1 heterocycles. The van der Waals surface area contributed by atoms with Crippen molar-refractivity contribution in [2.24, 2.45) is 0 Å². The van der Waals surface area contributed by atoms with Crippen LogP contribution in [0.25, 0.3) is 0 Å². The number of benzene rings is 1. The van der Waals surface area contributed by atoms with Crippen LogP contribution in [0.1, 0.15) is 38.7 Å². The third-order valence-electron chi connectivity index (χ3n) is 4.58. The number of carbonyl (C=O) groups is 2. The van der Waals surface area contributed by atoms with Crippen LogP contribution in [0.4, 0.5) is 13.6 Å². The lowest BCUT2D eigenvalue weighted by Crippen LogP contribution is -2.53. The molecule has 0 radical (unpaired) electrons. The third kappa shape index (κ3) is 6.03. The Kier molecular flexibility index (Phi) is 7.40. The Morgan fingerprint density at radius 2 is 1.86 bits per heavy atom. The molecule has 1 aromatic rings. The minimum atomic E-state index is -0.825. The topological polar surface area (TPSA) is 77.1 Å². The van der Waals surface area contributed by atoms with Crippen molar-refractivity contribution < 1.29 is 32.6 Å². The Morgan fingerprint density at radius 1 is 1.24 bits per heavy atom. The molecule has 1 aromatic carbocycles. The van der Waals surface area contributed by atoms with Gasteiger partial charge in [-0.2, -0.15) is 0 Å². The molecule has 2 unspecified atom stereocenters. The summed E-state index contributed by atoms with van der Waals surface area (Å²) in [5, 5.41) is 2.61. The van der Waals surface area contributed by atoms with Crippen LogP contribution in [0.5, 0.6) is 5.75 Å². The van der Waals surface area contributed by atoms with Gasteiger partial charge < -0.3 is 24.4 Å². The lowest BCUT2D eigenvalue weighted by molar-refractivity contribution is -0.135. The average molecular weight is 414 g/mol. The standard InChI is InChI=1S/C20H28F2N2O5/c1-20(2,3)29-19(26)23-16-10-17(25)24(6-7-27-4)11-13(16)18-14(21)8-12(28-5)9-15(18)22/h8-9,13,16H,6-7,10-11H2,1-5H3,(H,23,26). The zero-order chi connectivity index (χ0) is 21.8. The second kappa shape index (κ2) is 9.39. The summed E-state index contributed by atoms with van der Waals surface area (Å²) in [6.07, 6.45) is -0.863. The predicted octanol–water partition coefficient (Wildman–Crippen LogP) is 2.83. The zero-order valence-electron chi connectivity index (χ0n) is 17.4. The number of hydrogen-bond donors (Lipinski definition) is 1. The average Bonchev–Trinajstić information content (AvgIpc) is 2.59. The predicted molar refractivity (Wildman–Crippen MR) is 102 cm³/mol. The highest BCUT2D eigenvalue weighted by Gasteiger charge is 2.39.